The Bertz CT molecular complexity index is 1750. The molecule has 0 aromatic heterocycles. The summed E-state index contributed by atoms with van der Waals surface area (Å²) in [5, 5.41) is 69.4. The Morgan fingerprint density at radius 3 is 1.87 bits per heavy atom. The summed E-state index contributed by atoms with van der Waals surface area (Å²) in [7, 11) is 0. The Morgan fingerprint density at radius 1 is 0.771 bits per heavy atom. The van der Waals surface area contributed by atoms with Gasteiger partial charge in [-0.1, -0.05) is 54.5 Å². The zero-order chi connectivity index (χ0) is 54.9. The molecule has 1 saturated heterocycles. The Balaban J connectivity index is -0.00000415. The number of ether oxygens (including phenoxy) is 4. The summed E-state index contributed by atoms with van der Waals surface area (Å²) in [4.78, 5) is 96.0. The lowest BCUT2D eigenvalue weighted by molar-refractivity contribution is -0.271. The third-order valence-corrected chi connectivity index (χ3v) is 8.92. The average molecular weight is 1010 g/mol. The molecule has 1 aromatic carbocycles. The van der Waals surface area contributed by atoms with Crippen molar-refractivity contribution >= 4 is 53.3 Å². The number of anilines is 1. The maximum absolute atomic E-state index is 13.4. The molecular weight excluding hydrogens is 925 g/mol. The lowest BCUT2D eigenvalue weighted by atomic mass is 9.93. The van der Waals surface area contributed by atoms with Crippen LogP contribution in [0.4, 0.5) is 10.5 Å². The van der Waals surface area contributed by atoms with E-state index >= 15 is 0 Å². The van der Waals surface area contributed by atoms with E-state index < -0.39 is 102 Å². The van der Waals surface area contributed by atoms with E-state index in [4.69, 9.17) is 35.0 Å². The summed E-state index contributed by atoms with van der Waals surface area (Å²) in [6.07, 6.45) is -10.7. The van der Waals surface area contributed by atoms with Gasteiger partial charge in [-0.25, -0.2) is 9.59 Å². The van der Waals surface area contributed by atoms with E-state index in [1.807, 2.05) is 62.3 Å². The maximum Gasteiger partial charge on any atom is 0.506 e. The summed E-state index contributed by atoms with van der Waals surface area (Å²) in [6.45, 7) is 23.3. The fourth-order valence-electron chi connectivity index (χ4n) is 5.37. The Morgan fingerprint density at radius 2 is 1.36 bits per heavy atom. The van der Waals surface area contributed by atoms with Crippen LogP contribution in [-0.2, 0) is 54.4 Å². The van der Waals surface area contributed by atoms with Gasteiger partial charge in [0, 0.05) is 39.4 Å². The molecule has 0 radical (unpaired) electrons. The van der Waals surface area contributed by atoms with E-state index in [1.165, 1.54) is 18.2 Å². The number of amides is 5. The Hall–Kier alpha value is -5.66. The summed E-state index contributed by atoms with van der Waals surface area (Å²) in [5.74, 6) is -5.49. The van der Waals surface area contributed by atoms with Gasteiger partial charge in [0.25, 0.3) is 5.97 Å². The van der Waals surface area contributed by atoms with E-state index in [0.717, 1.165) is 6.92 Å². The molecule has 1 heterocycles. The molecule has 0 spiro atoms. The van der Waals surface area contributed by atoms with Crippen LogP contribution < -0.4 is 37.1 Å². The molecule has 0 saturated carbocycles. The van der Waals surface area contributed by atoms with Crippen LogP contribution in [0.1, 0.15) is 128 Å². The Labute approximate surface area is 411 Å². The molecule has 1 fully saturated rings. The molecule has 404 valence electrons. The first-order valence-corrected chi connectivity index (χ1v) is 23.3. The summed E-state index contributed by atoms with van der Waals surface area (Å²) in [5.41, 5.74) is 4.56. The van der Waals surface area contributed by atoms with Gasteiger partial charge in [-0.15, -0.1) is 0 Å². The maximum atomic E-state index is 13.4. The zero-order valence-electron chi connectivity index (χ0n) is 43.0. The van der Waals surface area contributed by atoms with Crippen molar-refractivity contribution in [3.05, 3.63) is 23.8 Å². The largest absolute Gasteiger partial charge is 0.506 e. The van der Waals surface area contributed by atoms with Crippen LogP contribution in [0.3, 0.4) is 0 Å². The van der Waals surface area contributed by atoms with Crippen LogP contribution in [0, 0.1) is 5.41 Å². The number of nitrogens with one attached hydrogen (secondary N) is 5. The quantitative estimate of drug-likeness (QED) is 0.0552. The number of aliphatic hydroxyl groups is 3. The number of carbonyl (C=O) groups excluding carboxylic acids is 5. The molecule has 24 nitrogen and oxygen atoms in total. The van der Waals surface area contributed by atoms with E-state index in [9.17, 15) is 54.0 Å². The lowest BCUT2D eigenvalue weighted by Gasteiger charge is -2.38. The van der Waals surface area contributed by atoms with Crippen molar-refractivity contribution in [2.45, 2.75) is 177 Å². The van der Waals surface area contributed by atoms with Crippen LogP contribution in [0.2, 0.25) is 0 Å². The van der Waals surface area contributed by atoms with Gasteiger partial charge in [0.05, 0.1) is 23.3 Å². The van der Waals surface area contributed by atoms with Gasteiger partial charge in [0.2, 0.25) is 35.8 Å². The number of nitrogens with two attached hydrogens (primary N) is 1. The topological polar surface area (TPSA) is 381 Å². The van der Waals surface area contributed by atoms with E-state index in [0.29, 0.717) is 12.8 Å². The summed E-state index contributed by atoms with van der Waals surface area (Å²) in [6, 6.07) is 1.53. The number of aliphatic carboxylic acids is 2. The molecule has 2 rings (SSSR count). The first kappa shape index (κ1) is 68.6. The molecule has 4 unspecified atom stereocenters. The molecule has 0 aliphatic carbocycles. The highest BCUT2D eigenvalue weighted by Crippen LogP contribution is 2.31. The number of carbonyl (C=O) groups is 8. The molecule has 1 aliphatic heterocycles. The van der Waals surface area contributed by atoms with Gasteiger partial charge in [-0.2, -0.15) is 0 Å². The lowest BCUT2D eigenvalue weighted by Crippen LogP contribution is -2.61. The number of carboxylic acid groups (broad SMARTS) is 3. The predicted molar refractivity (Wildman–Crippen MR) is 257 cm³/mol. The third kappa shape index (κ3) is 28.1. The third-order valence-electron chi connectivity index (χ3n) is 8.92. The smallest absolute Gasteiger partial charge is 0.481 e. The second-order valence-corrected chi connectivity index (χ2v) is 16.2. The van der Waals surface area contributed by atoms with Crippen molar-refractivity contribution < 1.29 is 87.9 Å². The van der Waals surface area contributed by atoms with Crippen molar-refractivity contribution in [3.8, 4) is 5.75 Å². The summed E-state index contributed by atoms with van der Waals surface area (Å²) < 4.78 is 21.1. The minimum Gasteiger partial charge on any atom is -0.481 e. The molecule has 1 aromatic rings. The number of aliphatic hydroxyl groups excluding tert-OH is 3. The molecule has 13 N–H and O–H groups in total. The van der Waals surface area contributed by atoms with E-state index in [2.05, 4.69) is 31.3 Å². The standard InChI is InChI=1S/C38H60N6O16.C2H4O2.3C2H6/c1-7-25(45)43-23(17-39)32(51)44-21(10-8-9-14-41-35(54)38(5,6)19-58-37(2,3)4)31(50)40-15-13-26(46)42-22-16-20(18-57-36(55)56)11-12-24(22)59-34-29(49)27(47)28(48)30(60-34)33(52)53;1-2(3)4;3*1-2/h11-12,16,21,23,27-30,34,47-49H,7-10,13-15,17-19,39H2,1-6H3,(H,40,50)(H,41,54)(H,42,46)(H,43,45)(H,44,51)(H,52,53)(H,55,56);1H3,(H,3,4);3*1-2H3/t21-,23?,27?,28-,29+,30?,34?;;;;/m0..../s1. The number of unbranched alkanes of at least 4 members (excludes halogenated alkanes) is 1. The van der Waals surface area contributed by atoms with Gasteiger partial charge in [0.1, 0.15) is 42.8 Å². The number of carboxylic acids is 2. The van der Waals surface area contributed by atoms with Crippen LogP contribution >= 0.6 is 0 Å². The molecule has 24 heteroatoms. The molecule has 0 bridgehead atoms. The Kier molecular flexibility index (Phi) is 35.6. The second-order valence-electron chi connectivity index (χ2n) is 16.2. The van der Waals surface area contributed by atoms with Crippen molar-refractivity contribution in [3.63, 3.8) is 0 Å². The fourth-order valence-corrected chi connectivity index (χ4v) is 5.37. The highest BCUT2D eigenvalue weighted by molar-refractivity contribution is 5.94. The monoisotopic (exact) mass is 1010 g/mol. The van der Waals surface area contributed by atoms with Crippen molar-refractivity contribution in [2.75, 3.05) is 31.6 Å². The van der Waals surface area contributed by atoms with Crippen LogP contribution in [0.25, 0.3) is 0 Å². The minimum atomic E-state index is -2.00. The van der Waals surface area contributed by atoms with Crippen LogP contribution in [-0.4, -0.2) is 153 Å². The normalized spacial score (nSPS) is 17.9. The number of hydrogen-bond acceptors (Lipinski definition) is 16. The van der Waals surface area contributed by atoms with Crippen LogP contribution in [0.15, 0.2) is 18.2 Å². The minimum absolute atomic E-state index is 0.0867. The highest BCUT2D eigenvalue weighted by Gasteiger charge is 2.48. The van der Waals surface area contributed by atoms with Gasteiger partial charge < -0.3 is 81.9 Å². The van der Waals surface area contributed by atoms with Gasteiger partial charge in [-0.3, -0.25) is 28.8 Å². The fraction of sp³-hybridized carbons (Fsp3) is 0.696. The molecule has 70 heavy (non-hydrogen) atoms. The van der Waals surface area contributed by atoms with Crippen molar-refractivity contribution in [1.29, 1.82) is 0 Å². The molecule has 1 aliphatic rings. The first-order chi connectivity index (χ1) is 32.7. The molecule has 7 atom stereocenters. The zero-order valence-corrected chi connectivity index (χ0v) is 43.0. The second kappa shape index (κ2) is 36.3. The van der Waals surface area contributed by atoms with Gasteiger partial charge in [0.15, 0.2) is 6.10 Å². The SMILES string of the molecule is CC.CC.CC.CC(=O)O.CCC(=O)NC(CN)C(=O)N[C@@H](CCCCNC(=O)C(C)(C)COC(C)(C)C)C(=O)NCCC(=O)Nc1cc(COC(=O)O)ccc1OC1OC(C(=O)O)[C@@H](O)C(O)[C@H]1O. The summed E-state index contributed by atoms with van der Waals surface area (Å²) >= 11 is 0. The van der Waals surface area contributed by atoms with Gasteiger partial charge >= 0.3 is 12.1 Å². The van der Waals surface area contributed by atoms with Crippen molar-refractivity contribution in [1.82, 2.24) is 21.3 Å². The first-order valence-electron chi connectivity index (χ1n) is 23.3. The van der Waals surface area contributed by atoms with Crippen LogP contribution in [0.5, 0.6) is 5.75 Å². The number of rotatable bonds is 23. The predicted octanol–water partition coefficient (Wildman–Crippen LogP) is 2.23. The molecule has 5 amide bonds. The van der Waals surface area contributed by atoms with Gasteiger partial charge in [-0.05, 0) is 71.6 Å². The van der Waals surface area contributed by atoms with E-state index in [1.54, 1.807) is 20.8 Å². The number of hydrogen-bond donors (Lipinski definition) is 12. The average Bonchev–Trinajstić information content (AvgIpc) is 3.30. The highest BCUT2D eigenvalue weighted by atomic mass is 16.7. The van der Waals surface area contributed by atoms with E-state index in [-0.39, 0.29) is 68.4 Å². The molecular formula is C46H82N6O18. The number of benzene rings is 1. The van der Waals surface area contributed by atoms with Crippen molar-refractivity contribution in [2.24, 2.45) is 11.1 Å².